The fourth-order valence-corrected chi connectivity index (χ4v) is 6.15. The van der Waals surface area contributed by atoms with E-state index in [9.17, 15) is 18.0 Å². The monoisotopic (exact) mass is 515 g/mol. The number of halogens is 3. The van der Waals surface area contributed by atoms with Gasteiger partial charge in [-0.25, -0.2) is 13.2 Å². The first-order valence-corrected chi connectivity index (χ1v) is 13.3. The van der Waals surface area contributed by atoms with Gasteiger partial charge < -0.3 is 20.3 Å². The van der Waals surface area contributed by atoms with E-state index in [1.54, 1.807) is 12.1 Å². The molecule has 2 aliphatic heterocycles. The lowest BCUT2D eigenvalue weighted by atomic mass is 10.00. The lowest BCUT2D eigenvalue weighted by Crippen LogP contribution is -2.32. The van der Waals surface area contributed by atoms with Gasteiger partial charge in [-0.1, -0.05) is 0 Å². The van der Waals surface area contributed by atoms with E-state index in [0.717, 1.165) is 51.1 Å². The predicted octanol–water partition coefficient (Wildman–Crippen LogP) is 4.41. The van der Waals surface area contributed by atoms with Gasteiger partial charge in [-0.05, 0) is 74.5 Å². The minimum absolute atomic E-state index is 0.0183. The number of carbonyl (C=O) groups excluding carboxylic acids is 1. The zero-order chi connectivity index (χ0) is 25.6. The van der Waals surface area contributed by atoms with Gasteiger partial charge >= 0.3 is 0 Å². The highest BCUT2D eigenvalue weighted by Gasteiger charge is 2.51. The van der Waals surface area contributed by atoms with Crippen LogP contribution in [-0.4, -0.2) is 65.6 Å². The zero-order valence-electron chi connectivity index (χ0n) is 20.7. The van der Waals surface area contributed by atoms with Gasteiger partial charge in [0, 0.05) is 56.2 Å². The van der Waals surface area contributed by atoms with E-state index in [0.29, 0.717) is 23.7 Å². The average Bonchev–Trinajstić information content (AvgIpc) is 3.38. The summed E-state index contributed by atoms with van der Waals surface area (Å²) in [6.07, 6.45) is 4.75. The number of alkyl halides is 1. The second kappa shape index (κ2) is 9.87. The van der Waals surface area contributed by atoms with Crippen LogP contribution in [0.1, 0.15) is 38.5 Å². The van der Waals surface area contributed by atoms with Gasteiger partial charge in [-0.15, -0.1) is 10.2 Å². The second-order valence-electron chi connectivity index (χ2n) is 11.1. The number of carbonyl (C=O) groups is 1. The number of fused-ring (bicyclic) bond motifs is 1. The summed E-state index contributed by atoms with van der Waals surface area (Å²) >= 11 is 0. The molecule has 4 aliphatic rings. The van der Waals surface area contributed by atoms with Crippen LogP contribution < -0.4 is 10.6 Å². The zero-order valence-corrected chi connectivity index (χ0v) is 20.7. The van der Waals surface area contributed by atoms with Crippen LogP contribution in [0.2, 0.25) is 0 Å². The highest BCUT2D eigenvalue weighted by atomic mass is 19.2. The molecule has 2 saturated heterocycles. The standard InChI is InChI=1S/C27H32F3N5O2/c28-22-12-20(32-26(36)27(30)5-6-27)11-21(25(22)29)23-1-2-24(34-33-23)31-19-9-17-14-35(15-18(17)10-19)13-16-3-7-37-8-4-16/h1-2,11-12,16-19H,3-10,13-15H2,(H,31,34)(H,32,36)/t17-,18?,19?/m1/s1. The van der Waals surface area contributed by atoms with E-state index >= 15 is 0 Å². The highest BCUT2D eigenvalue weighted by Crippen LogP contribution is 2.41. The van der Waals surface area contributed by atoms with Crippen LogP contribution in [0.4, 0.5) is 24.7 Å². The van der Waals surface area contributed by atoms with Crippen molar-refractivity contribution in [2.75, 3.05) is 43.5 Å². The van der Waals surface area contributed by atoms with E-state index in [1.165, 1.54) is 25.5 Å². The summed E-state index contributed by atoms with van der Waals surface area (Å²) in [5, 5.41) is 14.1. The SMILES string of the molecule is O=C(Nc1cc(F)c(F)c(-c2ccc(NC3CC4CN(CC5CCOCC5)C[C@H]4C3)nn2)c1)C1(F)CC1. The Morgan fingerprint density at radius 3 is 2.46 bits per heavy atom. The van der Waals surface area contributed by atoms with Crippen LogP contribution in [-0.2, 0) is 9.53 Å². The van der Waals surface area contributed by atoms with Crippen molar-refractivity contribution in [3.63, 3.8) is 0 Å². The van der Waals surface area contributed by atoms with E-state index in [2.05, 4.69) is 25.7 Å². The molecule has 7 nitrogen and oxygen atoms in total. The first-order valence-electron chi connectivity index (χ1n) is 13.3. The van der Waals surface area contributed by atoms with Gasteiger partial charge in [0.1, 0.15) is 5.82 Å². The van der Waals surface area contributed by atoms with Crippen molar-refractivity contribution in [1.82, 2.24) is 15.1 Å². The molecule has 6 rings (SSSR count). The minimum atomic E-state index is -1.92. The summed E-state index contributed by atoms with van der Waals surface area (Å²) in [6, 6.07) is 5.68. The Bertz CT molecular complexity index is 1140. The Morgan fingerprint density at radius 1 is 1.08 bits per heavy atom. The van der Waals surface area contributed by atoms with Gasteiger partial charge in [-0.2, -0.15) is 0 Å². The normalized spacial score (nSPS) is 27.2. The molecule has 3 heterocycles. The number of likely N-dealkylation sites (tertiary alicyclic amines) is 1. The predicted molar refractivity (Wildman–Crippen MR) is 133 cm³/mol. The number of anilines is 2. The van der Waals surface area contributed by atoms with Gasteiger partial charge in [0.2, 0.25) is 0 Å². The van der Waals surface area contributed by atoms with Crippen LogP contribution in [0, 0.1) is 29.4 Å². The van der Waals surface area contributed by atoms with E-state index in [-0.39, 0.29) is 29.8 Å². The molecule has 3 atom stereocenters. The summed E-state index contributed by atoms with van der Waals surface area (Å²) in [7, 11) is 0. The van der Waals surface area contributed by atoms with Crippen LogP contribution >= 0.6 is 0 Å². The topological polar surface area (TPSA) is 79.4 Å². The molecule has 2 unspecified atom stereocenters. The van der Waals surface area contributed by atoms with Crippen molar-refractivity contribution in [2.45, 2.75) is 50.2 Å². The molecule has 198 valence electrons. The molecule has 1 aromatic heterocycles. The maximum absolute atomic E-state index is 14.5. The molecule has 4 fully saturated rings. The molecule has 2 aromatic rings. The number of amides is 1. The number of nitrogens with zero attached hydrogens (tertiary/aromatic N) is 3. The molecule has 10 heteroatoms. The van der Waals surface area contributed by atoms with Crippen molar-refractivity contribution in [2.24, 2.45) is 17.8 Å². The van der Waals surface area contributed by atoms with Crippen LogP contribution in [0.15, 0.2) is 24.3 Å². The minimum Gasteiger partial charge on any atom is -0.381 e. The van der Waals surface area contributed by atoms with E-state index in [1.807, 2.05) is 0 Å². The summed E-state index contributed by atoms with van der Waals surface area (Å²) < 4.78 is 48.2. The number of rotatable bonds is 7. The Kier molecular flexibility index (Phi) is 6.56. The van der Waals surface area contributed by atoms with Gasteiger partial charge in [0.15, 0.2) is 17.3 Å². The third kappa shape index (κ3) is 5.31. The number of aromatic nitrogens is 2. The van der Waals surface area contributed by atoms with Crippen molar-refractivity contribution in [1.29, 1.82) is 0 Å². The Hall–Kier alpha value is -2.72. The molecule has 2 aliphatic carbocycles. The first-order chi connectivity index (χ1) is 17.9. The fraction of sp³-hybridized carbons (Fsp3) is 0.593. The molecule has 1 aromatic carbocycles. The van der Waals surface area contributed by atoms with Crippen molar-refractivity contribution in [3.8, 4) is 11.3 Å². The summed E-state index contributed by atoms with van der Waals surface area (Å²) in [5.41, 5.74) is -1.94. The quantitative estimate of drug-likeness (QED) is 0.569. The molecule has 37 heavy (non-hydrogen) atoms. The van der Waals surface area contributed by atoms with Crippen molar-refractivity contribution < 1.29 is 22.7 Å². The third-order valence-electron chi connectivity index (χ3n) is 8.36. The molecule has 2 saturated carbocycles. The van der Waals surface area contributed by atoms with Crippen molar-refractivity contribution >= 4 is 17.4 Å². The number of benzene rings is 1. The molecule has 0 radical (unpaired) electrons. The molecular weight excluding hydrogens is 483 g/mol. The summed E-state index contributed by atoms with van der Waals surface area (Å²) in [4.78, 5) is 14.6. The Morgan fingerprint density at radius 2 is 1.81 bits per heavy atom. The average molecular weight is 516 g/mol. The van der Waals surface area contributed by atoms with Crippen molar-refractivity contribution in [3.05, 3.63) is 35.9 Å². The highest BCUT2D eigenvalue weighted by molar-refractivity contribution is 5.99. The number of hydrogen-bond donors (Lipinski definition) is 2. The largest absolute Gasteiger partial charge is 0.381 e. The molecule has 2 N–H and O–H groups in total. The number of ether oxygens (including phenoxy) is 1. The molecule has 1 amide bonds. The van der Waals surface area contributed by atoms with Gasteiger partial charge in [0.25, 0.3) is 5.91 Å². The van der Waals surface area contributed by atoms with E-state index in [4.69, 9.17) is 4.74 Å². The Balaban J connectivity index is 1.05. The van der Waals surface area contributed by atoms with E-state index < -0.39 is 23.2 Å². The first kappa shape index (κ1) is 24.6. The smallest absolute Gasteiger partial charge is 0.262 e. The number of nitrogens with one attached hydrogen (secondary N) is 2. The van der Waals surface area contributed by atoms with Gasteiger partial charge in [-0.3, -0.25) is 4.79 Å². The maximum Gasteiger partial charge on any atom is 0.262 e. The van der Waals surface area contributed by atoms with Crippen LogP contribution in [0.25, 0.3) is 11.3 Å². The summed E-state index contributed by atoms with van der Waals surface area (Å²) in [6.45, 7) is 5.25. The molecule has 0 spiro atoms. The van der Waals surface area contributed by atoms with Crippen LogP contribution in [0.3, 0.4) is 0 Å². The molecule has 0 bridgehead atoms. The lowest BCUT2D eigenvalue weighted by molar-refractivity contribution is -0.122. The lowest BCUT2D eigenvalue weighted by Gasteiger charge is -2.27. The third-order valence-corrected chi connectivity index (χ3v) is 8.36. The summed E-state index contributed by atoms with van der Waals surface area (Å²) in [5.74, 6) is -0.386. The maximum atomic E-state index is 14.5. The van der Waals surface area contributed by atoms with Gasteiger partial charge in [0.05, 0.1) is 5.69 Å². The Labute approximate surface area is 214 Å². The molecular formula is C27H32F3N5O2. The second-order valence-corrected chi connectivity index (χ2v) is 11.1. The van der Waals surface area contributed by atoms with Crippen LogP contribution in [0.5, 0.6) is 0 Å². The number of hydrogen-bond acceptors (Lipinski definition) is 6. The fourth-order valence-electron chi connectivity index (χ4n) is 6.15.